The van der Waals surface area contributed by atoms with Crippen LogP contribution in [0.1, 0.15) is 45.6 Å². The second-order valence-electron chi connectivity index (χ2n) is 7.20. The molecule has 1 aromatic rings. The molecular formula is C18H27FN2O2. The van der Waals surface area contributed by atoms with Gasteiger partial charge in [-0.1, -0.05) is 6.07 Å². The molecule has 2 rings (SSSR count). The lowest BCUT2D eigenvalue weighted by molar-refractivity contribution is 0.0256. The van der Waals surface area contributed by atoms with E-state index in [1.807, 2.05) is 27.7 Å². The second-order valence-corrected chi connectivity index (χ2v) is 7.20. The average Bonchev–Trinajstić information content (AvgIpc) is 2.67. The molecule has 0 aliphatic carbocycles. The molecule has 0 aromatic heterocycles. The molecule has 1 aromatic carbocycles. The van der Waals surface area contributed by atoms with Crippen molar-refractivity contribution in [2.45, 2.75) is 58.6 Å². The molecule has 4 nitrogen and oxygen atoms in total. The van der Waals surface area contributed by atoms with E-state index in [0.29, 0.717) is 13.1 Å². The predicted molar refractivity (Wildman–Crippen MR) is 90.2 cm³/mol. The van der Waals surface area contributed by atoms with E-state index in [4.69, 9.17) is 4.74 Å². The van der Waals surface area contributed by atoms with Crippen LogP contribution in [0.25, 0.3) is 0 Å². The van der Waals surface area contributed by atoms with E-state index in [1.165, 1.54) is 12.1 Å². The first-order chi connectivity index (χ1) is 10.7. The van der Waals surface area contributed by atoms with E-state index in [9.17, 15) is 9.18 Å². The summed E-state index contributed by atoms with van der Waals surface area (Å²) < 4.78 is 18.8. The van der Waals surface area contributed by atoms with Crippen LogP contribution in [-0.4, -0.2) is 35.7 Å². The smallest absolute Gasteiger partial charge is 0.410 e. The molecule has 23 heavy (non-hydrogen) atoms. The number of nitrogens with zero attached hydrogens (tertiary/aromatic N) is 1. The largest absolute Gasteiger partial charge is 0.444 e. The standard InChI is InChI=1S/C18H27FN2O2/c1-13-7-8-14(19)12-16(13)20-15-6-5-10-21(11-9-15)17(22)23-18(2,3)4/h7-8,12,15,20H,5-6,9-11H2,1-4H3. The summed E-state index contributed by atoms with van der Waals surface area (Å²) in [4.78, 5) is 13.9. The number of hydrogen-bond acceptors (Lipinski definition) is 3. The van der Waals surface area contributed by atoms with Gasteiger partial charge < -0.3 is 15.0 Å². The molecule has 0 spiro atoms. The Morgan fingerprint density at radius 3 is 2.74 bits per heavy atom. The fourth-order valence-electron chi connectivity index (χ4n) is 2.72. The summed E-state index contributed by atoms with van der Waals surface area (Å²) in [5, 5.41) is 3.42. The molecule has 128 valence electrons. The van der Waals surface area contributed by atoms with Crippen LogP contribution in [0.2, 0.25) is 0 Å². The van der Waals surface area contributed by atoms with E-state index in [0.717, 1.165) is 30.5 Å². The van der Waals surface area contributed by atoms with Crippen molar-refractivity contribution in [3.63, 3.8) is 0 Å². The zero-order valence-electron chi connectivity index (χ0n) is 14.5. The molecule has 0 bridgehead atoms. The Morgan fingerprint density at radius 1 is 1.30 bits per heavy atom. The number of hydrogen-bond donors (Lipinski definition) is 1. The summed E-state index contributed by atoms with van der Waals surface area (Å²) in [5.41, 5.74) is 1.39. The van der Waals surface area contributed by atoms with Gasteiger partial charge in [0.2, 0.25) is 0 Å². The zero-order valence-corrected chi connectivity index (χ0v) is 14.5. The topological polar surface area (TPSA) is 41.6 Å². The Labute approximate surface area is 138 Å². The van der Waals surface area contributed by atoms with Crippen molar-refractivity contribution in [2.75, 3.05) is 18.4 Å². The van der Waals surface area contributed by atoms with E-state index >= 15 is 0 Å². The Morgan fingerprint density at radius 2 is 2.04 bits per heavy atom. The summed E-state index contributed by atoms with van der Waals surface area (Å²) in [7, 11) is 0. The van der Waals surface area contributed by atoms with Gasteiger partial charge in [-0.3, -0.25) is 0 Å². The SMILES string of the molecule is Cc1ccc(F)cc1NC1CCCN(C(=O)OC(C)(C)C)CC1. The number of nitrogens with one attached hydrogen (secondary N) is 1. The third-order valence-corrected chi connectivity index (χ3v) is 3.94. The first-order valence-electron chi connectivity index (χ1n) is 8.25. The molecule has 1 heterocycles. The highest BCUT2D eigenvalue weighted by atomic mass is 19.1. The number of carbonyl (C=O) groups is 1. The summed E-state index contributed by atoms with van der Waals surface area (Å²) in [6, 6.07) is 5.02. The number of halogens is 1. The zero-order chi connectivity index (χ0) is 17.0. The number of ether oxygens (including phenoxy) is 1. The summed E-state index contributed by atoms with van der Waals surface area (Å²) in [6.07, 6.45) is 2.44. The molecule has 1 unspecified atom stereocenters. The van der Waals surface area contributed by atoms with E-state index in [1.54, 1.807) is 11.0 Å². The molecule has 1 amide bonds. The Bertz CT molecular complexity index is 554. The third kappa shape index (κ3) is 5.41. The molecule has 5 heteroatoms. The minimum absolute atomic E-state index is 0.234. The monoisotopic (exact) mass is 322 g/mol. The van der Waals surface area contributed by atoms with Gasteiger partial charge in [-0.25, -0.2) is 9.18 Å². The van der Waals surface area contributed by atoms with Crippen LogP contribution in [-0.2, 0) is 4.74 Å². The maximum atomic E-state index is 13.4. The van der Waals surface area contributed by atoms with Crippen molar-refractivity contribution < 1.29 is 13.9 Å². The highest BCUT2D eigenvalue weighted by Crippen LogP contribution is 2.22. The number of rotatable bonds is 2. The van der Waals surface area contributed by atoms with Crippen LogP contribution >= 0.6 is 0 Å². The van der Waals surface area contributed by atoms with E-state index in [-0.39, 0.29) is 18.0 Å². The van der Waals surface area contributed by atoms with Gasteiger partial charge in [-0.15, -0.1) is 0 Å². The third-order valence-electron chi connectivity index (χ3n) is 3.94. The molecule has 1 aliphatic rings. The van der Waals surface area contributed by atoms with Crippen molar-refractivity contribution in [1.82, 2.24) is 4.90 Å². The van der Waals surface area contributed by atoms with Gasteiger partial charge in [0.15, 0.2) is 0 Å². The summed E-state index contributed by atoms with van der Waals surface area (Å²) in [5.74, 6) is -0.234. The van der Waals surface area contributed by atoms with E-state index < -0.39 is 5.60 Å². The highest BCUT2D eigenvalue weighted by molar-refractivity contribution is 5.68. The molecule has 0 radical (unpaired) electrons. The van der Waals surface area contributed by atoms with Crippen LogP contribution < -0.4 is 5.32 Å². The minimum atomic E-state index is -0.473. The molecular weight excluding hydrogens is 295 g/mol. The molecule has 1 atom stereocenters. The minimum Gasteiger partial charge on any atom is -0.444 e. The van der Waals surface area contributed by atoms with Crippen molar-refractivity contribution >= 4 is 11.8 Å². The van der Waals surface area contributed by atoms with Gasteiger partial charge in [-0.2, -0.15) is 0 Å². The number of aryl methyl sites for hydroxylation is 1. The first kappa shape index (κ1) is 17.6. The fourth-order valence-corrected chi connectivity index (χ4v) is 2.72. The van der Waals surface area contributed by atoms with Gasteiger partial charge in [0.25, 0.3) is 0 Å². The predicted octanol–water partition coefficient (Wildman–Crippen LogP) is 4.34. The quantitative estimate of drug-likeness (QED) is 0.881. The van der Waals surface area contributed by atoms with Gasteiger partial charge in [0.1, 0.15) is 11.4 Å². The lowest BCUT2D eigenvalue weighted by atomic mass is 10.1. The molecule has 1 aliphatic heterocycles. The van der Waals surface area contributed by atoms with Crippen LogP contribution in [0.15, 0.2) is 18.2 Å². The maximum Gasteiger partial charge on any atom is 0.410 e. The lowest BCUT2D eigenvalue weighted by Gasteiger charge is -2.26. The van der Waals surface area contributed by atoms with Crippen molar-refractivity contribution in [2.24, 2.45) is 0 Å². The normalized spacial score (nSPS) is 19.2. The number of benzene rings is 1. The Hall–Kier alpha value is -1.78. The van der Waals surface area contributed by atoms with Crippen molar-refractivity contribution in [3.05, 3.63) is 29.6 Å². The van der Waals surface area contributed by atoms with Crippen LogP contribution in [0.5, 0.6) is 0 Å². The maximum absolute atomic E-state index is 13.4. The molecule has 1 N–H and O–H groups in total. The average molecular weight is 322 g/mol. The summed E-state index contributed by atoms with van der Waals surface area (Å²) >= 11 is 0. The first-order valence-corrected chi connectivity index (χ1v) is 8.25. The molecule has 0 saturated carbocycles. The van der Waals surface area contributed by atoms with Crippen molar-refractivity contribution in [1.29, 1.82) is 0 Å². The highest BCUT2D eigenvalue weighted by Gasteiger charge is 2.25. The number of anilines is 1. The number of likely N-dealkylation sites (tertiary alicyclic amines) is 1. The van der Waals surface area contributed by atoms with Crippen LogP contribution in [0.4, 0.5) is 14.9 Å². The molecule has 1 saturated heterocycles. The molecule has 1 fully saturated rings. The van der Waals surface area contributed by atoms with Gasteiger partial charge >= 0.3 is 6.09 Å². The van der Waals surface area contributed by atoms with Crippen molar-refractivity contribution in [3.8, 4) is 0 Å². The Kier molecular flexibility index (Phi) is 5.50. The number of carbonyl (C=O) groups excluding carboxylic acids is 1. The Balaban J connectivity index is 1.93. The van der Waals surface area contributed by atoms with Gasteiger partial charge in [0.05, 0.1) is 0 Å². The van der Waals surface area contributed by atoms with E-state index in [2.05, 4.69) is 5.32 Å². The summed E-state index contributed by atoms with van der Waals surface area (Å²) in [6.45, 7) is 8.95. The lowest BCUT2D eigenvalue weighted by Crippen LogP contribution is -2.37. The van der Waals surface area contributed by atoms with Crippen LogP contribution in [0, 0.1) is 12.7 Å². The fraction of sp³-hybridized carbons (Fsp3) is 0.611. The van der Waals surface area contributed by atoms with Crippen LogP contribution in [0.3, 0.4) is 0 Å². The van der Waals surface area contributed by atoms with Gasteiger partial charge in [0, 0.05) is 24.8 Å². The van der Waals surface area contributed by atoms with Gasteiger partial charge in [-0.05, 0) is 64.7 Å². The second kappa shape index (κ2) is 7.20. The number of amides is 1.